The fraction of sp³-hybridized carbons (Fsp3) is 0.0485. The van der Waals surface area contributed by atoms with Crippen molar-refractivity contribution < 1.29 is 9.47 Å². The first-order chi connectivity index (χ1) is 53.7. The third kappa shape index (κ3) is 9.41. The third-order valence-corrected chi connectivity index (χ3v) is 23.7. The van der Waals surface area contributed by atoms with Crippen LogP contribution >= 0.6 is 0 Å². The van der Waals surface area contributed by atoms with Gasteiger partial charge in [-0.05, 0) is 173 Å². The van der Waals surface area contributed by atoms with E-state index in [1.165, 1.54) is 66.8 Å². The summed E-state index contributed by atoms with van der Waals surface area (Å²) < 4.78 is 14.0. The predicted molar refractivity (Wildman–Crippen MR) is 439 cm³/mol. The lowest BCUT2D eigenvalue weighted by Crippen LogP contribution is -2.32. The largest absolute Gasteiger partial charge is 0.457 e. The van der Waals surface area contributed by atoms with Crippen LogP contribution in [-0.2, 0) is 16.2 Å². The normalized spacial score (nSPS) is 14.8. The fourth-order valence-electron chi connectivity index (χ4n) is 18.7. The number of rotatable bonds is 9. The van der Waals surface area contributed by atoms with Gasteiger partial charge in [-0.25, -0.2) is 19.9 Å². The summed E-state index contributed by atoms with van der Waals surface area (Å²) in [5.74, 6) is 4.63. The summed E-state index contributed by atoms with van der Waals surface area (Å²) >= 11 is 0. The minimum absolute atomic E-state index is 0.218. The minimum Gasteiger partial charge on any atom is -0.457 e. The molecule has 3 aliphatic carbocycles. The molecule has 0 saturated heterocycles. The van der Waals surface area contributed by atoms with Crippen molar-refractivity contribution in [1.29, 1.82) is 0 Å². The maximum absolute atomic E-state index is 7.10. The zero-order valence-corrected chi connectivity index (χ0v) is 59.7. The first-order valence-corrected chi connectivity index (χ1v) is 37.5. The van der Waals surface area contributed by atoms with E-state index in [2.05, 4.69) is 366 Å². The van der Waals surface area contributed by atoms with E-state index < -0.39 is 10.8 Å². The SMILES string of the molecule is CC1(C)c2ccccc2-c2ccc(-c3cc(-c4cccc(-c5ccc6c(c5)C5(c7ccccc7Oc7ccc(-c8ccccc8-c8nc(-c9ccccc9)cc(-c9ccccc9)n8)cc75)c5ccccc5-6)c4)nc(-c4cccc(-c5ccc6c(c5)C5(c7ccccc7O6)c6ccccc6-c6ccccc65)c4)n3)cc21. The molecule has 2 aliphatic heterocycles. The third-order valence-electron chi connectivity index (χ3n) is 23.7. The Hall–Kier alpha value is -13.9. The summed E-state index contributed by atoms with van der Waals surface area (Å²) in [5.41, 5.74) is 33.3. The second-order valence-corrected chi connectivity index (χ2v) is 29.8. The van der Waals surface area contributed by atoms with Gasteiger partial charge in [-0.15, -0.1) is 0 Å². The second-order valence-electron chi connectivity index (χ2n) is 29.8. The molecule has 0 bridgehead atoms. The number of hydrogen-bond acceptors (Lipinski definition) is 6. The maximum atomic E-state index is 7.10. The van der Waals surface area contributed by atoms with E-state index in [1.54, 1.807) is 0 Å². The fourth-order valence-corrected chi connectivity index (χ4v) is 18.7. The lowest BCUT2D eigenvalue weighted by atomic mass is 9.65. The molecular weight excluding hydrogens is 1330 g/mol. The van der Waals surface area contributed by atoms with Gasteiger partial charge in [0.2, 0.25) is 0 Å². The van der Waals surface area contributed by atoms with Gasteiger partial charge in [-0.1, -0.05) is 305 Å². The van der Waals surface area contributed by atoms with Crippen LogP contribution in [0.15, 0.2) is 364 Å². The average molecular weight is 1390 g/mol. The summed E-state index contributed by atoms with van der Waals surface area (Å²) in [5, 5.41) is 0. The Kier molecular flexibility index (Phi) is 13.8. The number of nitrogens with zero attached hydrogens (tertiary/aromatic N) is 4. The van der Waals surface area contributed by atoms with E-state index in [1.807, 2.05) is 12.1 Å². The first-order valence-electron chi connectivity index (χ1n) is 37.5. The Morgan fingerprint density at radius 3 is 1.06 bits per heavy atom. The Morgan fingerprint density at radius 2 is 0.505 bits per heavy atom. The number of hydrogen-bond donors (Lipinski definition) is 0. The molecule has 17 aromatic rings. The van der Waals surface area contributed by atoms with Crippen molar-refractivity contribution in [2.24, 2.45) is 0 Å². The molecule has 0 N–H and O–H groups in total. The number of ether oxygens (including phenoxy) is 2. The average Bonchev–Trinajstić information content (AvgIpc) is 1.55. The molecule has 109 heavy (non-hydrogen) atoms. The zero-order valence-electron chi connectivity index (χ0n) is 59.7. The van der Waals surface area contributed by atoms with E-state index in [4.69, 9.17) is 29.4 Å². The van der Waals surface area contributed by atoms with E-state index >= 15 is 0 Å². The summed E-state index contributed by atoms with van der Waals surface area (Å²) in [6, 6.07) is 132. The molecule has 0 fully saturated rings. The van der Waals surface area contributed by atoms with Gasteiger partial charge >= 0.3 is 0 Å². The molecule has 0 amide bonds. The Balaban J connectivity index is 0.684. The molecule has 5 aliphatic rings. The highest BCUT2D eigenvalue weighted by atomic mass is 16.5. The minimum atomic E-state index is -0.789. The Morgan fingerprint density at radius 1 is 0.183 bits per heavy atom. The van der Waals surface area contributed by atoms with Gasteiger partial charge in [0, 0.05) is 61.0 Å². The van der Waals surface area contributed by atoms with Gasteiger partial charge in [-0.2, -0.15) is 0 Å². The molecule has 0 radical (unpaired) electrons. The summed E-state index contributed by atoms with van der Waals surface area (Å²) in [6.07, 6.45) is 0. The van der Waals surface area contributed by atoms with Crippen LogP contribution in [0.25, 0.3) is 135 Å². The van der Waals surface area contributed by atoms with Crippen LogP contribution in [0.2, 0.25) is 0 Å². The monoisotopic (exact) mass is 1390 g/mol. The molecule has 22 rings (SSSR count). The Bertz CT molecular complexity index is 6570. The van der Waals surface area contributed by atoms with Crippen LogP contribution < -0.4 is 9.47 Å². The van der Waals surface area contributed by atoms with Crippen LogP contribution in [0.5, 0.6) is 23.0 Å². The quantitative estimate of drug-likeness (QED) is 0.143. The molecular formula is C103H66N4O2. The van der Waals surface area contributed by atoms with Crippen LogP contribution in [0.3, 0.4) is 0 Å². The highest BCUT2D eigenvalue weighted by Gasteiger charge is 2.53. The van der Waals surface area contributed by atoms with Crippen LogP contribution in [-0.4, -0.2) is 19.9 Å². The van der Waals surface area contributed by atoms with Crippen molar-refractivity contribution in [2.75, 3.05) is 0 Å². The molecule has 510 valence electrons. The van der Waals surface area contributed by atoms with E-state index in [-0.39, 0.29) is 5.41 Å². The summed E-state index contributed by atoms with van der Waals surface area (Å²) in [4.78, 5) is 22.0. The van der Waals surface area contributed by atoms with Gasteiger partial charge in [0.05, 0.1) is 33.6 Å². The smallest absolute Gasteiger partial charge is 0.161 e. The predicted octanol–water partition coefficient (Wildman–Crippen LogP) is 25.5. The highest BCUT2D eigenvalue weighted by Crippen LogP contribution is 2.65. The van der Waals surface area contributed by atoms with Crippen LogP contribution in [0.4, 0.5) is 0 Å². The lowest BCUT2D eigenvalue weighted by Gasteiger charge is -2.39. The molecule has 1 unspecified atom stereocenters. The van der Waals surface area contributed by atoms with Crippen molar-refractivity contribution in [2.45, 2.75) is 30.1 Å². The second kappa shape index (κ2) is 24.0. The van der Waals surface area contributed by atoms with E-state index in [0.717, 1.165) is 135 Å². The number of aromatic nitrogens is 4. The first kappa shape index (κ1) is 62.4. The van der Waals surface area contributed by atoms with Crippen LogP contribution in [0.1, 0.15) is 69.5 Å². The van der Waals surface area contributed by atoms with Crippen molar-refractivity contribution >= 4 is 0 Å². The molecule has 1 atom stereocenters. The number of para-hydroxylation sites is 2. The molecule has 2 aromatic heterocycles. The maximum Gasteiger partial charge on any atom is 0.161 e. The summed E-state index contributed by atoms with van der Waals surface area (Å²) in [7, 11) is 0. The standard InChI is InChI=1S/C103H66N4O2/c1-101(2)81-39-15-11-34-74(81)78-52-48-71(60-87(78)101)94-62-93(104-99(105-94)72-32-24-30-66(56-72)68-49-53-97-89(58-68)102(85-43-19-21-45-95(85)108-97)82-40-16-12-35-75(82)76-36-13-17-41-83(76)102)70-31-23-29-65(55-70)67-47-51-79-77-37-14-18-42-84(77)103(88(79)57-67)86-44-20-22-46-96(86)109-98-54-50-69(59-90(98)103)73-33-9-10-38-80(73)100-106-91(63-25-5-3-6-26-63)61-92(107-100)64-27-7-4-8-28-64/h3-62H,1-2H3. The van der Waals surface area contributed by atoms with Gasteiger partial charge < -0.3 is 9.47 Å². The van der Waals surface area contributed by atoms with Crippen molar-refractivity contribution in [1.82, 2.24) is 19.9 Å². The number of benzene rings is 15. The van der Waals surface area contributed by atoms with Crippen LogP contribution in [0, 0.1) is 0 Å². The van der Waals surface area contributed by atoms with Gasteiger partial charge in [-0.3, -0.25) is 0 Å². The van der Waals surface area contributed by atoms with Crippen molar-refractivity contribution in [3.63, 3.8) is 0 Å². The Labute approximate surface area is 632 Å². The molecule has 6 nitrogen and oxygen atoms in total. The molecule has 6 heteroatoms. The zero-order chi connectivity index (χ0) is 72.1. The van der Waals surface area contributed by atoms with Gasteiger partial charge in [0.15, 0.2) is 11.6 Å². The van der Waals surface area contributed by atoms with E-state index in [0.29, 0.717) is 11.6 Å². The van der Waals surface area contributed by atoms with Crippen molar-refractivity contribution in [3.8, 4) is 158 Å². The van der Waals surface area contributed by atoms with E-state index in [9.17, 15) is 0 Å². The summed E-state index contributed by atoms with van der Waals surface area (Å²) in [6.45, 7) is 4.68. The topological polar surface area (TPSA) is 70.0 Å². The molecule has 2 spiro atoms. The van der Waals surface area contributed by atoms with Gasteiger partial charge in [0.25, 0.3) is 0 Å². The van der Waals surface area contributed by atoms with Crippen molar-refractivity contribution in [3.05, 3.63) is 420 Å². The lowest BCUT2D eigenvalue weighted by molar-refractivity contribution is 0.436. The number of fused-ring (bicyclic) bond motifs is 21. The molecule has 4 heterocycles. The molecule has 15 aromatic carbocycles. The molecule has 0 saturated carbocycles. The van der Waals surface area contributed by atoms with Gasteiger partial charge in [0.1, 0.15) is 23.0 Å². The highest BCUT2D eigenvalue weighted by molar-refractivity contribution is 5.94.